The minimum absolute atomic E-state index is 0.0394. The lowest BCUT2D eigenvalue weighted by molar-refractivity contribution is 0.340. The van der Waals surface area contributed by atoms with Crippen LogP contribution in [0.15, 0.2) is 12.1 Å². The Labute approximate surface area is 107 Å². The van der Waals surface area contributed by atoms with Gasteiger partial charge in [-0.25, -0.2) is 8.78 Å². The first-order valence-electron chi connectivity index (χ1n) is 6.46. The largest absolute Gasteiger partial charge is 0.395 e. The van der Waals surface area contributed by atoms with Gasteiger partial charge in [-0.05, 0) is 37.7 Å². The van der Waals surface area contributed by atoms with Crippen molar-refractivity contribution in [3.8, 4) is 0 Å². The normalized spacial score (nSPS) is 24.0. The van der Waals surface area contributed by atoms with E-state index < -0.39 is 11.6 Å². The first-order valence-corrected chi connectivity index (χ1v) is 6.46. The number of anilines is 2. The maximum Gasteiger partial charge on any atom is 0.151 e. The maximum absolute atomic E-state index is 13.4. The van der Waals surface area contributed by atoms with Crippen LogP contribution in [0.4, 0.5) is 20.2 Å². The summed E-state index contributed by atoms with van der Waals surface area (Å²) < 4.78 is 26.7. The van der Waals surface area contributed by atoms with E-state index in [1.165, 1.54) is 6.07 Å². The van der Waals surface area contributed by atoms with E-state index >= 15 is 0 Å². The predicted molar refractivity (Wildman–Crippen MR) is 70.6 cm³/mol. The number of rotatable bonds is 2. The van der Waals surface area contributed by atoms with Gasteiger partial charge in [-0.3, -0.25) is 0 Å². The number of benzene rings is 1. The van der Waals surface area contributed by atoms with E-state index in [9.17, 15) is 8.78 Å². The van der Waals surface area contributed by atoms with Crippen molar-refractivity contribution in [3.63, 3.8) is 0 Å². The SMILES string of the molecule is CC1CCC(N(C)c2cc(F)cc(F)c2N)CC1. The Hall–Kier alpha value is -1.32. The van der Waals surface area contributed by atoms with Gasteiger partial charge in [0, 0.05) is 19.2 Å². The molecule has 0 aromatic heterocycles. The Balaban J connectivity index is 2.20. The Morgan fingerprint density at radius 1 is 1.17 bits per heavy atom. The second-order valence-corrected chi connectivity index (χ2v) is 5.35. The van der Waals surface area contributed by atoms with Gasteiger partial charge in [0.15, 0.2) is 5.82 Å². The van der Waals surface area contributed by atoms with Crippen LogP contribution >= 0.6 is 0 Å². The van der Waals surface area contributed by atoms with Crippen LogP contribution in [-0.2, 0) is 0 Å². The van der Waals surface area contributed by atoms with E-state index in [1.54, 1.807) is 0 Å². The van der Waals surface area contributed by atoms with Crippen LogP contribution in [0.2, 0.25) is 0 Å². The number of nitrogens with two attached hydrogens (primary N) is 1. The molecule has 18 heavy (non-hydrogen) atoms. The van der Waals surface area contributed by atoms with Gasteiger partial charge in [0.1, 0.15) is 5.82 Å². The molecule has 0 radical (unpaired) electrons. The molecular formula is C14H20F2N2. The molecule has 4 heteroatoms. The van der Waals surface area contributed by atoms with E-state index in [2.05, 4.69) is 6.92 Å². The lowest BCUT2D eigenvalue weighted by atomic mass is 9.86. The zero-order valence-electron chi connectivity index (χ0n) is 10.9. The Bertz CT molecular complexity index is 426. The van der Waals surface area contributed by atoms with Gasteiger partial charge in [-0.1, -0.05) is 6.92 Å². The molecule has 0 heterocycles. The summed E-state index contributed by atoms with van der Waals surface area (Å²) in [6.45, 7) is 2.24. The molecule has 0 saturated heterocycles. The second-order valence-electron chi connectivity index (χ2n) is 5.35. The molecule has 1 aromatic carbocycles. The van der Waals surface area contributed by atoms with Crippen molar-refractivity contribution in [1.82, 2.24) is 0 Å². The van der Waals surface area contributed by atoms with Crippen LogP contribution in [0, 0.1) is 17.6 Å². The van der Waals surface area contributed by atoms with E-state index in [0.29, 0.717) is 11.7 Å². The van der Waals surface area contributed by atoms with Crippen molar-refractivity contribution in [2.75, 3.05) is 17.7 Å². The third kappa shape index (κ3) is 2.57. The topological polar surface area (TPSA) is 29.3 Å². The highest BCUT2D eigenvalue weighted by Crippen LogP contribution is 2.33. The number of nitrogen functional groups attached to an aromatic ring is 1. The van der Waals surface area contributed by atoms with Gasteiger partial charge in [-0.15, -0.1) is 0 Å². The van der Waals surface area contributed by atoms with Crippen LogP contribution in [0.25, 0.3) is 0 Å². The fraction of sp³-hybridized carbons (Fsp3) is 0.571. The highest BCUT2D eigenvalue weighted by Gasteiger charge is 2.24. The lowest BCUT2D eigenvalue weighted by Crippen LogP contribution is -2.35. The van der Waals surface area contributed by atoms with E-state index in [0.717, 1.165) is 37.7 Å². The summed E-state index contributed by atoms with van der Waals surface area (Å²) in [7, 11) is 1.87. The predicted octanol–water partition coefficient (Wildman–Crippen LogP) is 3.56. The van der Waals surface area contributed by atoms with Crippen molar-refractivity contribution in [3.05, 3.63) is 23.8 Å². The molecule has 1 aromatic rings. The molecule has 0 amide bonds. The molecule has 1 aliphatic rings. The summed E-state index contributed by atoms with van der Waals surface area (Å²) in [6.07, 6.45) is 4.42. The summed E-state index contributed by atoms with van der Waals surface area (Å²) in [6, 6.07) is 2.47. The van der Waals surface area contributed by atoms with Crippen LogP contribution in [0.1, 0.15) is 32.6 Å². The maximum atomic E-state index is 13.4. The summed E-state index contributed by atoms with van der Waals surface area (Å²) in [5.41, 5.74) is 6.21. The van der Waals surface area contributed by atoms with Gasteiger partial charge in [0.25, 0.3) is 0 Å². The van der Waals surface area contributed by atoms with Gasteiger partial charge in [0.2, 0.25) is 0 Å². The first kappa shape index (κ1) is 13.1. The van der Waals surface area contributed by atoms with Gasteiger partial charge in [0.05, 0.1) is 11.4 Å². The highest BCUT2D eigenvalue weighted by molar-refractivity contribution is 5.68. The molecule has 0 atom stereocenters. The van der Waals surface area contributed by atoms with Crippen LogP contribution < -0.4 is 10.6 Å². The lowest BCUT2D eigenvalue weighted by Gasteiger charge is -2.35. The standard InChI is InChI=1S/C14H20F2N2/c1-9-3-5-11(6-4-9)18(2)13-8-10(15)7-12(16)14(13)17/h7-9,11H,3-6,17H2,1-2H3. The second kappa shape index (κ2) is 5.12. The monoisotopic (exact) mass is 254 g/mol. The quantitative estimate of drug-likeness (QED) is 0.818. The van der Waals surface area contributed by atoms with Crippen molar-refractivity contribution >= 4 is 11.4 Å². The van der Waals surface area contributed by atoms with E-state index in [-0.39, 0.29) is 5.69 Å². The molecule has 2 rings (SSSR count). The average Bonchev–Trinajstić information content (AvgIpc) is 2.34. The molecule has 100 valence electrons. The fourth-order valence-electron chi connectivity index (χ4n) is 2.69. The Morgan fingerprint density at radius 2 is 1.78 bits per heavy atom. The molecule has 1 fully saturated rings. The first-order chi connectivity index (χ1) is 8.49. The molecule has 2 N–H and O–H groups in total. The third-order valence-electron chi connectivity index (χ3n) is 3.99. The summed E-state index contributed by atoms with van der Waals surface area (Å²) >= 11 is 0. The Kier molecular flexibility index (Phi) is 3.73. The fourth-order valence-corrected chi connectivity index (χ4v) is 2.69. The molecular weight excluding hydrogens is 234 g/mol. The number of halogens is 2. The average molecular weight is 254 g/mol. The van der Waals surface area contributed by atoms with Crippen molar-refractivity contribution in [1.29, 1.82) is 0 Å². The zero-order valence-corrected chi connectivity index (χ0v) is 10.9. The molecule has 1 aliphatic carbocycles. The van der Waals surface area contributed by atoms with Gasteiger partial charge < -0.3 is 10.6 Å². The van der Waals surface area contributed by atoms with Crippen molar-refractivity contribution < 1.29 is 8.78 Å². The molecule has 1 saturated carbocycles. The molecule has 2 nitrogen and oxygen atoms in total. The minimum Gasteiger partial charge on any atom is -0.395 e. The minimum atomic E-state index is -0.680. The summed E-state index contributed by atoms with van der Waals surface area (Å²) in [4.78, 5) is 1.92. The molecule has 0 unspecified atom stereocenters. The molecule has 0 bridgehead atoms. The highest BCUT2D eigenvalue weighted by atomic mass is 19.1. The zero-order chi connectivity index (χ0) is 13.3. The van der Waals surface area contributed by atoms with E-state index in [4.69, 9.17) is 5.73 Å². The van der Waals surface area contributed by atoms with Crippen molar-refractivity contribution in [2.45, 2.75) is 38.6 Å². The molecule has 0 aliphatic heterocycles. The molecule has 0 spiro atoms. The summed E-state index contributed by atoms with van der Waals surface area (Å²) in [5.74, 6) is -0.509. The van der Waals surface area contributed by atoms with Crippen LogP contribution in [-0.4, -0.2) is 13.1 Å². The number of hydrogen-bond donors (Lipinski definition) is 1. The third-order valence-corrected chi connectivity index (χ3v) is 3.99. The van der Waals surface area contributed by atoms with E-state index in [1.807, 2.05) is 11.9 Å². The Morgan fingerprint density at radius 3 is 2.39 bits per heavy atom. The van der Waals surface area contributed by atoms with Crippen molar-refractivity contribution in [2.24, 2.45) is 5.92 Å². The van der Waals surface area contributed by atoms with Crippen LogP contribution in [0.3, 0.4) is 0 Å². The van der Waals surface area contributed by atoms with Gasteiger partial charge >= 0.3 is 0 Å². The van der Waals surface area contributed by atoms with Gasteiger partial charge in [-0.2, -0.15) is 0 Å². The van der Waals surface area contributed by atoms with Crippen LogP contribution in [0.5, 0.6) is 0 Å². The number of hydrogen-bond acceptors (Lipinski definition) is 2. The smallest absolute Gasteiger partial charge is 0.151 e. The summed E-state index contributed by atoms with van der Waals surface area (Å²) in [5, 5.41) is 0. The number of nitrogens with zero attached hydrogens (tertiary/aromatic N) is 1.